The van der Waals surface area contributed by atoms with Crippen molar-refractivity contribution in [1.82, 2.24) is 4.98 Å². The topological polar surface area (TPSA) is 16.1 Å². The molecule has 1 rings (SSSR count). The summed E-state index contributed by atoms with van der Waals surface area (Å²) < 4.78 is 0. The fourth-order valence-corrected chi connectivity index (χ4v) is 2.74. The van der Waals surface area contributed by atoms with Crippen LogP contribution in [0.1, 0.15) is 64.9 Å². The third-order valence-corrected chi connectivity index (χ3v) is 4.04. The maximum absolute atomic E-state index is 4.58. The van der Waals surface area contributed by atoms with Crippen LogP contribution in [0.2, 0.25) is 0 Å². The van der Waals surface area contributed by atoms with Gasteiger partial charge in [-0.05, 0) is 29.9 Å². The van der Waals surface area contributed by atoms with Gasteiger partial charge in [0.05, 0.1) is 0 Å². The van der Waals surface area contributed by atoms with E-state index in [4.69, 9.17) is 0 Å². The molecule has 1 atom stereocenters. The average molecular weight is 262 g/mol. The van der Waals surface area contributed by atoms with Gasteiger partial charge in [0.25, 0.3) is 0 Å². The monoisotopic (exact) mass is 262 g/mol. The van der Waals surface area contributed by atoms with Crippen molar-refractivity contribution in [3.8, 4) is 0 Å². The minimum atomic E-state index is 0.293. The van der Waals surface area contributed by atoms with E-state index in [1.165, 1.54) is 44.1 Å². The Morgan fingerprint density at radius 3 is 2.26 bits per heavy atom. The highest BCUT2D eigenvalue weighted by Crippen LogP contribution is 2.34. The average Bonchev–Trinajstić information content (AvgIpc) is 2.39. The van der Waals surface area contributed by atoms with Crippen molar-refractivity contribution in [3.63, 3.8) is 0 Å². The molecule has 0 bridgehead atoms. The summed E-state index contributed by atoms with van der Waals surface area (Å²) in [7, 11) is 4.07. The molecule has 0 saturated carbocycles. The highest BCUT2D eigenvalue weighted by atomic mass is 15.1. The summed E-state index contributed by atoms with van der Waals surface area (Å²) >= 11 is 0. The summed E-state index contributed by atoms with van der Waals surface area (Å²) in [4.78, 5) is 6.63. The van der Waals surface area contributed by atoms with E-state index in [1.807, 2.05) is 14.1 Å². The number of hydrogen-bond donors (Lipinski definition) is 0. The Bertz CT molecular complexity index is 356. The van der Waals surface area contributed by atoms with Crippen LogP contribution in [0.5, 0.6) is 0 Å². The van der Waals surface area contributed by atoms with E-state index in [9.17, 15) is 0 Å². The fraction of sp³-hybridized carbons (Fsp3) is 0.706. The Hall–Kier alpha value is -1.05. The zero-order valence-electron chi connectivity index (χ0n) is 13.4. The molecule has 0 spiro atoms. The molecule has 0 aromatic carbocycles. The predicted octanol–water partition coefficient (Wildman–Crippen LogP) is 4.79. The first-order valence-electron chi connectivity index (χ1n) is 7.67. The van der Waals surface area contributed by atoms with Crippen molar-refractivity contribution in [1.29, 1.82) is 0 Å². The lowest BCUT2D eigenvalue weighted by Crippen LogP contribution is -2.22. The molecule has 1 unspecified atom stereocenters. The van der Waals surface area contributed by atoms with Gasteiger partial charge in [0.2, 0.25) is 0 Å². The molecule has 0 aliphatic carbocycles. The molecule has 1 aromatic heterocycles. The highest BCUT2D eigenvalue weighted by molar-refractivity contribution is 5.38. The quantitative estimate of drug-likeness (QED) is 0.626. The van der Waals surface area contributed by atoms with Crippen molar-refractivity contribution in [2.45, 2.75) is 64.7 Å². The van der Waals surface area contributed by atoms with Gasteiger partial charge in [-0.1, -0.05) is 52.5 Å². The largest absolute Gasteiger partial charge is 0.363 e. The first kappa shape index (κ1) is 16.0. The van der Waals surface area contributed by atoms with Crippen LogP contribution < -0.4 is 4.90 Å². The maximum atomic E-state index is 4.58. The van der Waals surface area contributed by atoms with Gasteiger partial charge in [0.1, 0.15) is 5.82 Å². The van der Waals surface area contributed by atoms with Gasteiger partial charge in [-0.15, -0.1) is 0 Å². The van der Waals surface area contributed by atoms with E-state index in [2.05, 4.69) is 49.0 Å². The van der Waals surface area contributed by atoms with E-state index in [1.54, 1.807) is 0 Å². The van der Waals surface area contributed by atoms with Crippen LogP contribution in [0.15, 0.2) is 18.3 Å². The molecular formula is C17H30N2. The molecule has 19 heavy (non-hydrogen) atoms. The van der Waals surface area contributed by atoms with Crippen LogP contribution in [0, 0.1) is 0 Å². The predicted molar refractivity (Wildman–Crippen MR) is 85.0 cm³/mol. The second-order valence-electron chi connectivity index (χ2n) is 6.07. The number of rotatable bonds is 8. The number of unbranched alkanes of at least 4 members (excludes halogenated alkanes) is 2. The standard InChI is InChI=1S/C17H30N2/c1-6-8-9-13-17(3,12-7-2)15-10-11-16(18-14-15)19(4)5/h10-11,14H,6-9,12-13H2,1-5H3. The van der Waals surface area contributed by atoms with Crippen molar-refractivity contribution < 1.29 is 0 Å². The third kappa shape index (κ3) is 4.52. The van der Waals surface area contributed by atoms with Crippen molar-refractivity contribution in [2.75, 3.05) is 19.0 Å². The molecule has 1 aromatic rings. The normalized spacial score (nSPS) is 14.2. The van der Waals surface area contributed by atoms with Crippen LogP contribution in [-0.4, -0.2) is 19.1 Å². The molecule has 108 valence electrons. The summed E-state index contributed by atoms with van der Waals surface area (Å²) in [6.45, 7) is 6.95. The van der Waals surface area contributed by atoms with Crippen LogP contribution >= 0.6 is 0 Å². The molecule has 0 radical (unpaired) electrons. The second-order valence-corrected chi connectivity index (χ2v) is 6.07. The molecule has 0 fully saturated rings. The lowest BCUT2D eigenvalue weighted by atomic mass is 9.75. The van der Waals surface area contributed by atoms with Gasteiger partial charge < -0.3 is 4.90 Å². The summed E-state index contributed by atoms with van der Waals surface area (Å²) in [5.41, 5.74) is 1.69. The molecule has 2 heteroatoms. The zero-order valence-corrected chi connectivity index (χ0v) is 13.4. The van der Waals surface area contributed by atoms with Crippen molar-refractivity contribution in [3.05, 3.63) is 23.9 Å². The molecule has 0 amide bonds. The van der Waals surface area contributed by atoms with E-state index >= 15 is 0 Å². The number of pyridine rings is 1. The van der Waals surface area contributed by atoms with Crippen LogP contribution in [0.4, 0.5) is 5.82 Å². The minimum absolute atomic E-state index is 0.293. The molecule has 1 heterocycles. The molecule has 0 N–H and O–H groups in total. The van der Waals surface area contributed by atoms with Gasteiger partial charge in [-0.3, -0.25) is 0 Å². The highest BCUT2D eigenvalue weighted by Gasteiger charge is 2.25. The van der Waals surface area contributed by atoms with E-state index in [0.29, 0.717) is 5.41 Å². The van der Waals surface area contributed by atoms with E-state index in [0.717, 1.165) is 5.82 Å². The molecular weight excluding hydrogens is 232 g/mol. The first-order valence-corrected chi connectivity index (χ1v) is 7.67. The van der Waals surface area contributed by atoms with Crippen LogP contribution in [-0.2, 0) is 5.41 Å². The van der Waals surface area contributed by atoms with Gasteiger partial charge in [-0.2, -0.15) is 0 Å². The summed E-state index contributed by atoms with van der Waals surface area (Å²) in [5.74, 6) is 1.04. The number of aromatic nitrogens is 1. The number of hydrogen-bond acceptors (Lipinski definition) is 2. The second kappa shape index (κ2) is 7.52. The number of anilines is 1. The van der Waals surface area contributed by atoms with Gasteiger partial charge in [-0.25, -0.2) is 4.98 Å². The lowest BCUT2D eigenvalue weighted by Gasteiger charge is -2.30. The minimum Gasteiger partial charge on any atom is -0.363 e. The van der Waals surface area contributed by atoms with Crippen molar-refractivity contribution in [2.24, 2.45) is 0 Å². The van der Waals surface area contributed by atoms with Gasteiger partial charge in [0, 0.05) is 20.3 Å². The Balaban J connectivity index is 2.84. The SMILES string of the molecule is CCCCCC(C)(CCC)c1ccc(N(C)C)nc1. The zero-order chi connectivity index (χ0) is 14.3. The smallest absolute Gasteiger partial charge is 0.127 e. The van der Waals surface area contributed by atoms with E-state index < -0.39 is 0 Å². The molecule has 0 aliphatic rings. The Morgan fingerprint density at radius 1 is 1.05 bits per heavy atom. The third-order valence-electron chi connectivity index (χ3n) is 4.04. The Kier molecular flexibility index (Phi) is 6.33. The number of nitrogens with zero attached hydrogens (tertiary/aromatic N) is 2. The molecule has 0 saturated heterocycles. The summed E-state index contributed by atoms with van der Waals surface area (Å²) in [6.07, 6.45) is 9.79. The van der Waals surface area contributed by atoms with E-state index in [-0.39, 0.29) is 0 Å². The van der Waals surface area contributed by atoms with Crippen molar-refractivity contribution >= 4 is 5.82 Å². The first-order chi connectivity index (χ1) is 9.03. The lowest BCUT2D eigenvalue weighted by molar-refractivity contribution is 0.378. The Morgan fingerprint density at radius 2 is 1.79 bits per heavy atom. The van der Waals surface area contributed by atoms with Gasteiger partial charge in [0.15, 0.2) is 0 Å². The fourth-order valence-electron chi connectivity index (χ4n) is 2.74. The van der Waals surface area contributed by atoms with Crippen LogP contribution in [0.3, 0.4) is 0 Å². The maximum Gasteiger partial charge on any atom is 0.127 e. The Labute approximate surface area is 119 Å². The van der Waals surface area contributed by atoms with Crippen LogP contribution in [0.25, 0.3) is 0 Å². The molecule has 2 nitrogen and oxygen atoms in total. The molecule has 0 aliphatic heterocycles. The summed E-state index contributed by atoms with van der Waals surface area (Å²) in [5, 5.41) is 0. The van der Waals surface area contributed by atoms with Gasteiger partial charge >= 0.3 is 0 Å². The summed E-state index contributed by atoms with van der Waals surface area (Å²) in [6, 6.07) is 4.41.